The number of nitrogens with zero attached hydrogens (tertiary/aromatic N) is 1. The molecule has 0 aliphatic carbocycles. The standard InChI is InChI=1S/C14H14F3NO/c1-7-5-6-10-11(9(3)19)13(14(15,16)17)18(4)12(10)8(7)2/h5-6H,1-4H3. The van der Waals surface area contributed by atoms with Gasteiger partial charge in [0, 0.05) is 12.4 Å². The van der Waals surface area contributed by atoms with Crippen LogP contribution in [0, 0.1) is 13.8 Å². The zero-order chi connectivity index (χ0) is 14.5. The zero-order valence-electron chi connectivity index (χ0n) is 11.1. The molecule has 0 aliphatic rings. The van der Waals surface area contributed by atoms with Crippen molar-refractivity contribution in [3.63, 3.8) is 0 Å². The molecule has 2 rings (SSSR count). The van der Waals surface area contributed by atoms with Gasteiger partial charge in [0.25, 0.3) is 0 Å². The monoisotopic (exact) mass is 269 g/mol. The number of hydrogen-bond acceptors (Lipinski definition) is 1. The van der Waals surface area contributed by atoms with Gasteiger partial charge in [-0.25, -0.2) is 0 Å². The van der Waals surface area contributed by atoms with Crippen molar-refractivity contribution in [1.29, 1.82) is 0 Å². The van der Waals surface area contributed by atoms with Crippen molar-refractivity contribution in [2.75, 3.05) is 0 Å². The lowest BCUT2D eigenvalue weighted by atomic mass is 10.0. The minimum absolute atomic E-state index is 0.242. The molecular weight excluding hydrogens is 255 g/mol. The summed E-state index contributed by atoms with van der Waals surface area (Å²) in [4.78, 5) is 11.6. The number of benzene rings is 1. The van der Waals surface area contributed by atoms with E-state index in [4.69, 9.17) is 0 Å². The van der Waals surface area contributed by atoms with E-state index in [0.29, 0.717) is 10.9 Å². The molecule has 5 heteroatoms. The Labute approximate surface area is 108 Å². The second-order valence-corrected chi connectivity index (χ2v) is 4.74. The topological polar surface area (TPSA) is 22.0 Å². The highest BCUT2D eigenvalue weighted by atomic mass is 19.4. The molecule has 0 radical (unpaired) electrons. The number of alkyl halides is 3. The van der Waals surface area contributed by atoms with Gasteiger partial charge < -0.3 is 4.57 Å². The normalized spacial score (nSPS) is 12.2. The molecule has 0 aliphatic heterocycles. The molecule has 0 fully saturated rings. The van der Waals surface area contributed by atoms with E-state index in [0.717, 1.165) is 15.7 Å². The molecule has 2 aromatic rings. The first kappa shape index (κ1) is 13.6. The Morgan fingerprint density at radius 1 is 1.21 bits per heavy atom. The van der Waals surface area contributed by atoms with Crippen LogP contribution >= 0.6 is 0 Å². The SMILES string of the molecule is CC(=O)c1c(C(F)(F)F)n(C)c2c(C)c(C)ccc12. The van der Waals surface area contributed by atoms with Gasteiger partial charge in [-0.3, -0.25) is 4.79 Å². The maximum Gasteiger partial charge on any atom is 0.432 e. The quantitative estimate of drug-likeness (QED) is 0.717. The van der Waals surface area contributed by atoms with Crippen molar-refractivity contribution in [1.82, 2.24) is 4.57 Å². The van der Waals surface area contributed by atoms with Crippen molar-refractivity contribution in [3.05, 3.63) is 34.5 Å². The Hall–Kier alpha value is -1.78. The van der Waals surface area contributed by atoms with Crippen molar-refractivity contribution in [2.24, 2.45) is 7.05 Å². The predicted octanol–water partition coefficient (Wildman–Crippen LogP) is 4.02. The van der Waals surface area contributed by atoms with Crippen LogP contribution < -0.4 is 0 Å². The first-order chi connectivity index (χ1) is 8.66. The van der Waals surface area contributed by atoms with Crippen LogP contribution in [-0.2, 0) is 13.2 Å². The molecule has 19 heavy (non-hydrogen) atoms. The molecule has 0 atom stereocenters. The van der Waals surface area contributed by atoms with E-state index in [1.165, 1.54) is 14.0 Å². The number of fused-ring (bicyclic) bond motifs is 1. The Morgan fingerprint density at radius 3 is 2.26 bits per heavy atom. The summed E-state index contributed by atoms with van der Waals surface area (Å²) in [6.45, 7) is 4.77. The minimum atomic E-state index is -4.55. The highest BCUT2D eigenvalue weighted by Crippen LogP contribution is 2.39. The summed E-state index contributed by atoms with van der Waals surface area (Å²) < 4.78 is 40.6. The van der Waals surface area contributed by atoms with Crippen LogP contribution in [0.3, 0.4) is 0 Å². The predicted molar refractivity (Wildman–Crippen MR) is 67.4 cm³/mol. The molecule has 0 bridgehead atoms. The van der Waals surface area contributed by atoms with E-state index in [2.05, 4.69) is 0 Å². The van der Waals surface area contributed by atoms with E-state index < -0.39 is 17.7 Å². The average Bonchev–Trinajstić information content (AvgIpc) is 2.57. The van der Waals surface area contributed by atoms with Gasteiger partial charge in [0.1, 0.15) is 5.69 Å². The molecule has 0 saturated carbocycles. The fourth-order valence-corrected chi connectivity index (χ4v) is 2.53. The average molecular weight is 269 g/mol. The molecule has 102 valence electrons. The largest absolute Gasteiger partial charge is 0.432 e. The summed E-state index contributed by atoms with van der Waals surface area (Å²) >= 11 is 0. The van der Waals surface area contributed by atoms with Crippen LogP contribution in [0.1, 0.15) is 34.1 Å². The number of aromatic nitrogens is 1. The summed E-state index contributed by atoms with van der Waals surface area (Å²) in [5.74, 6) is -0.568. The molecule has 2 nitrogen and oxygen atoms in total. The number of hydrogen-bond donors (Lipinski definition) is 0. The van der Waals surface area contributed by atoms with Crippen molar-refractivity contribution < 1.29 is 18.0 Å². The summed E-state index contributed by atoms with van der Waals surface area (Å²) in [6.07, 6.45) is -4.55. The third-order valence-electron chi connectivity index (χ3n) is 3.50. The summed E-state index contributed by atoms with van der Waals surface area (Å²) in [7, 11) is 1.35. The molecule has 1 heterocycles. The molecular formula is C14H14F3NO. The van der Waals surface area contributed by atoms with Crippen LogP contribution in [0.25, 0.3) is 10.9 Å². The van der Waals surface area contributed by atoms with Gasteiger partial charge in [-0.05, 0) is 31.9 Å². The Balaban J connectivity index is 3.05. The zero-order valence-corrected chi connectivity index (χ0v) is 11.1. The van der Waals surface area contributed by atoms with Gasteiger partial charge in [0.2, 0.25) is 0 Å². The highest BCUT2D eigenvalue weighted by molar-refractivity contribution is 6.09. The fraction of sp³-hybridized carbons (Fsp3) is 0.357. The van der Waals surface area contributed by atoms with Crippen LogP contribution in [-0.4, -0.2) is 10.4 Å². The van der Waals surface area contributed by atoms with Crippen LogP contribution in [0.4, 0.5) is 13.2 Å². The van der Waals surface area contributed by atoms with Crippen molar-refractivity contribution in [2.45, 2.75) is 26.9 Å². The van der Waals surface area contributed by atoms with Gasteiger partial charge in [-0.15, -0.1) is 0 Å². The second kappa shape index (κ2) is 4.11. The third-order valence-corrected chi connectivity index (χ3v) is 3.50. The summed E-state index contributed by atoms with van der Waals surface area (Å²) in [5, 5.41) is 0.366. The maximum absolute atomic E-state index is 13.2. The smallest absolute Gasteiger partial charge is 0.339 e. The Bertz CT molecular complexity index is 680. The van der Waals surface area contributed by atoms with E-state index in [9.17, 15) is 18.0 Å². The number of halogens is 3. The van der Waals surface area contributed by atoms with E-state index in [1.807, 2.05) is 6.92 Å². The van der Waals surface area contributed by atoms with Crippen molar-refractivity contribution in [3.8, 4) is 0 Å². The van der Waals surface area contributed by atoms with Crippen molar-refractivity contribution >= 4 is 16.7 Å². The lowest BCUT2D eigenvalue weighted by molar-refractivity contribution is -0.143. The number of carbonyl (C=O) groups excluding carboxylic acids is 1. The number of Topliss-reactive ketones (excluding diaryl/α,β-unsaturated/α-hetero) is 1. The van der Waals surface area contributed by atoms with Gasteiger partial charge >= 0.3 is 6.18 Å². The lowest BCUT2D eigenvalue weighted by Crippen LogP contribution is -2.15. The Morgan fingerprint density at radius 2 is 1.79 bits per heavy atom. The lowest BCUT2D eigenvalue weighted by Gasteiger charge is -2.10. The number of ketones is 1. The molecule has 0 amide bonds. The minimum Gasteiger partial charge on any atom is -0.339 e. The third kappa shape index (κ3) is 1.93. The molecule has 1 aromatic carbocycles. The number of carbonyl (C=O) groups is 1. The van der Waals surface area contributed by atoms with Gasteiger partial charge in [-0.2, -0.15) is 13.2 Å². The molecule has 0 unspecified atom stereocenters. The highest BCUT2D eigenvalue weighted by Gasteiger charge is 2.39. The Kier molecular flexibility index (Phi) is 2.96. The van der Waals surface area contributed by atoms with E-state index in [-0.39, 0.29) is 5.56 Å². The van der Waals surface area contributed by atoms with Gasteiger partial charge in [-0.1, -0.05) is 12.1 Å². The van der Waals surface area contributed by atoms with Crippen LogP contribution in [0.5, 0.6) is 0 Å². The number of aryl methyl sites for hydroxylation is 3. The second-order valence-electron chi connectivity index (χ2n) is 4.74. The van der Waals surface area contributed by atoms with E-state index >= 15 is 0 Å². The number of rotatable bonds is 1. The maximum atomic E-state index is 13.2. The van der Waals surface area contributed by atoms with Gasteiger partial charge in [0.05, 0.1) is 11.1 Å². The fourth-order valence-electron chi connectivity index (χ4n) is 2.53. The molecule has 0 saturated heterocycles. The first-order valence-electron chi connectivity index (χ1n) is 5.83. The van der Waals surface area contributed by atoms with E-state index in [1.54, 1.807) is 19.1 Å². The molecule has 0 spiro atoms. The van der Waals surface area contributed by atoms with Gasteiger partial charge in [0.15, 0.2) is 5.78 Å². The molecule has 1 aromatic heterocycles. The summed E-state index contributed by atoms with van der Waals surface area (Å²) in [6, 6.07) is 3.33. The van der Waals surface area contributed by atoms with Crippen LogP contribution in [0.15, 0.2) is 12.1 Å². The molecule has 0 N–H and O–H groups in total. The summed E-state index contributed by atoms with van der Waals surface area (Å²) in [5.41, 5.74) is 1.02. The first-order valence-corrected chi connectivity index (χ1v) is 5.83. The van der Waals surface area contributed by atoms with Crippen LogP contribution in [0.2, 0.25) is 0 Å².